The second-order valence-electron chi connectivity index (χ2n) is 27.7. The van der Waals surface area contributed by atoms with Crippen LogP contribution >= 0.6 is 7.82 Å². The predicted molar refractivity (Wildman–Crippen MR) is 390 cm³/mol. The van der Waals surface area contributed by atoms with Crippen molar-refractivity contribution in [1.29, 1.82) is 0 Å². The molecule has 0 amide bonds. The Balaban J connectivity index is 3.94. The molecule has 1 N–H and O–H groups in total. The number of esters is 2. The Bertz CT molecular complexity index is 1700. The van der Waals surface area contributed by atoms with Crippen molar-refractivity contribution in [3.05, 3.63) is 60.8 Å². The Morgan fingerprint density at radius 2 is 0.633 bits per heavy atom. The largest absolute Gasteiger partial charge is 0.472 e. The molecule has 0 saturated carbocycles. The maximum absolute atomic E-state index is 12.9. The number of phosphoric acid groups is 1. The summed E-state index contributed by atoms with van der Waals surface area (Å²) in [5.41, 5.74) is 0. The van der Waals surface area contributed by atoms with Crippen LogP contribution in [0.1, 0.15) is 386 Å². The molecule has 0 aliphatic carbocycles. The maximum Gasteiger partial charge on any atom is 0.472 e. The van der Waals surface area contributed by atoms with Crippen molar-refractivity contribution in [1.82, 2.24) is 0 Å². The minimum Gasteiger partial charge on any atom is -0.462 e. The fraction of sp³-hybridized carbons (Fsp3) is 0.850. The Labute approximate surface area is 559 Å². The highest BCUT2D eigenvalue weighted by Gasteiger charge is 2.27. The van der Waals surface area contributed by atoms with Gasteiger partial charge in [-0.3, -0.25) is 18.6 Å². The number of rotatable bonds is 73. The lowest BCUT2D eigenvalue weighted by atomic mass is 10.0. The molecular weight excluding hydrogens is 1130 g/mol. The molecule has 0 aromatic carbocycles. The highest BCUT2D eigenvalue weighted by Crippen LogP contribution is 2.43. The van der Waals surface area contributed by atoms with Gasteiger partial charge in [0.2, 0.25) is 0 Å². The number of unbranched alkanes of at least 4 members (excludes halogenated alkanes) is 49. The summed E-state index contributed by atoms with van der Waals surface area (Å²) in [5, 5.41) is 0. The molecular formula is C80H151NO8P+. The van der Waals surface area contributed by atoms with E-state index in [1.165, 1.54) is 289 Å². The molecule has 0 heterocycles. The zero-order valence-electron chi connectivity index (χ0n) is 60.4. The van der Waals surface area contributed by atoms with E-state index in [4.69, 9.17) is 18.5 Å². The van der Waals surface area contributed by atoms with Crippen molar-refractivity contribution in [3.8, 4) is 0 Å². The van der Waals surface area contributed by atoms with Crippen LogP contribution in [-0.2, 0) is 32.7 Å². The first-order valence-corrected chi connectivity index (χ1v) is 40.5. The van der Waals surface area contributed by atoms with Gasteiger partial charge in [0, 0.05) is 12.8 Å². The number of carbonyl (C=O) groups excluding carboxylic acids is 2. The Morgan fingerprint density at radius 3 is 0.944 bits per heavy atom. The molecule has 0 aromatic heterocycles. The van der Waals surface area contributed by atoms with Gasteiger partial charge < -0.3 is 18.9 Å². The number of nitrogens with zero attached hydrogens (tertiary/aromatic N) is 1. The molecule has 0 spiro atoms. The van der Waals surface area contributed by atoms with Crippen LogP contribution < -0.4 is 0 Å². The lowest BCUT2D eigenvalue weighted by molar-refractivity contribution is -0.870. The fourth-order valence-electron chi connectivity index (χ4n) is 11.6. The quantitative estimate of drug-likeness (QED) is 0.0211. The van der Waals surface area contributed by atoms with Gasteiger partial charge in [-0.15, -0.1) is 0 Å². The van der Waals surface area contributed by atoms with Crippen LogP contribution in [0.5, 0.6) is 0 Å². The van der Waals surface area contributed by atoms with Crippen LogP contribution in [0.2, 0.25) is 0 Å². The van der Waals surface area contributed by atoms with Crippen molar-refractivity contribution in [3.63, 3.8) is 0 Å². The molecule has 10 heteroatoms. The van der Waals surface area contributed by atoms with Gasteiger partial charge in [0.15, 0.2) is 6.10 Å². The van der Waals surface area contributed by atoms with E-state index in [2.05, 4.69) is 74.6 Å². The molecule has 0 rings (SSSR count). The summed E-state index contributed by atoms with van der Waals surface area (Å²) in [5.74, 6) is -0.776. The van der Waals surface area contributed by atoms with Crippen LogP contribution in [0, 0.1) is 0 Å². The molecule has 528 valence electrons. The number of ether oxygens (including phenoxy) is 2. The van der Waals surface area contributed by atoms with E-state index < -0.39 is 26.5 Å². The van der Waals surface area contributed by atoms with E-state index >= 15 is 0 Å². The Morgan fingerprint density at radius 1 is 0.356 bits per heavy atom. The summed E-state index contributed by atoms with van der Waals surface area (Å²) in [6.07, 6.45) is 95.1. The van der Waals surface area contributed by atoms with E-state index in [0.717, 1.165) is 64.2 Å². The van der Waals surface area contributed by atoms with Gasteiger partial charge in [0.25, 0.3) is 0 Å². The average molecular weight is 1290 g/mol. The lowest BCUT2D eigenvalue weighted by Gasteiger charge is -2.24. The molecule has 9 nitrogen and oxygen atoms in total. The first kappa shape index (κ1) is 87.7. The van der Waals surface area contributed by atoms with Gasteiger partial charge >= 0.3 is 19.8 Å². The minimum absolute atomic E-state index is 0.0335. The number of likely N-dealkylation sites (N-methyl/N-ethyl adjacent to an activating group) is 1. The monoisotopic (exact) mass is 1290 g/mol. The standard InChI is InChI=1S/C80H150NO8P/c1-6-8-10-12-14-16-18-20-22-24-26-28-30-32-34-36-38-40-42-44-46-48-50-52-54-56-58-60-62-64-66-68-70-72-79(82)86-76-78(77-88-90(84,85)87-75-74-81(3,4)5)89-80(83)73-71-69-67-65-63-61-59-57-55-53-51-49-47-45-43-41-39-37-35-33-31-29-27-25-23-21-19-17-15-13-11-9-7-2/h9,11,15,17,21,23,27,29,33,35,78H,6-8,10,12-14,16,18-20,22,24-26,28,30-32,34,36-77H2,1-5H3/p+1/b11-9-,17-15-,23-21-,29-27-,35-33-. The topological polar surface area (TPSA) is 108 Å². The van der Waals surface area contributed by atoms with E-state index in [-0.39, 0.29) is 25.6 Å². The second-order valence-corrected chi connectivity index (χ2v) is 29.2. The van der Waals surface area contributed by atoms with Gasteiger partial charge in [0.1, 0.15) is 19.8 Å². The van der Waals surface area contributed by atoms with Gasteiger partial charge in [0.05, 0.1) is 27.7 Å². The van der Waals surface area contributed by atoms with Crippen LogP contribution in [0.4, 0.5) is 0 Å². The van der Waals surface area contributed by atoms with Crippen molar-refractivity contribution in [2.24, 2.45) is 0 Å². The normalized spacial score (nSPS) is 13.4. The zero-order valence-corrected chi connectivity index (χ0v) is 61.3. The van der Waals surface area contributed by atoms with Gasteiger partial charge in [-0.1, -0.05) is 376 Å². The molecule has 0 aliphatic heterocycles. The molecule has 0 bridgehead atoms. The third-order valence-corrected chi connectivity index (χ3v) is 18.5. The number of hydrogen-bond donors (Lipinski definition) is 1. The molecule has 0 aromatic rings. The molecule has 0 saturated heterocycles. The van der Waals surface area contributed by atoms with Crippen LogP contribution in [0.15, 0.2) is 60.8 Å². The minimum atomic E-state index is -4.39. The first-order valence-electron chi connectivity index (χ1n) is 39.0. The number of quaternary nitrogens is 1. The van der Waals surface area contributed by atoms with E-state index in [1.54, 1.807) is 0 Å². The van der Waals surface area contributed by atoms with E-state index in [9.17, 15) is 19.0 Å². The van der Waals surface area contributed by atoms with Crippen molar-refractivity contribution >= 4 is 19.8 Å². The highest BCUT2D eigenvalue weighted by atomic mass is 31.2. The Kier molecular flexibility index (Phi) is 69.2. The third-order valence-electron chi connectivity index (χ3n) is 17.6. The van der Waals surface area contributed by atoms with Crippen LogP contribution in [0.25, 0.3) is 0 Å². The molecule has 0 aliphatic rings. The third kappa shape index (κ3) is 74.7. The predicted octanol–water partition coefficient (Wildman–Crippen LogP) is 25.7. The smallest absolute Gasteiger partial charge is 0.462 e. The van der Waals surface area contributed by atoms with Gasteiger partial charge in [-0.2, -0.15) is 0 Å². The van der Waals surface area contributed by atoms with Crippen LogP contribution in [0.3, 0.4) is 0 Å². The molecule has 90 heavy (non-hydrogen) atoms. The summed E-state index contributed by atoms with van der Waals surface area (Å²) < 4.78 is 34.8. The molecule has 2 atom stereocenters. The van der Waals surface area contributed by atoms with Gasteiger partial charge in [-0.25, -0.2) is 4.57 Å². The van der Waals surface area contributed by atoms with E-state index in [0.29, 0.717) is 23.9 Å². The van der Waals surface area contributed by atoms with Crippen LogP contribution in [-0.4, -0.2) is 74.9 Å². The fourth-order valence-corrected chi connectivity index (χ4v) is 12.4. The van der Waals surface area contributed by atoms with Gasteiger partial charge in [-0.05, 0) is 57.8 Å². The molecule has 0 fully saturated rings. The SMILES string of the molecule is CC/C=C\C/C=C\C/C=C\C/C=C\C/C=C\CCCCCCCCCCCCCCCCCCCC(=O)OC(COC(=O)CCCCCCCCCCCCCCCCCCCCCCCCCCCCCCCCCCC)COP(=O)(O)OCC[N+](C)(C)C. The number of hydrogen-bond acceptors (Lipinski definition) is 7. The highest BCUT2D eigenvalue weighted by molar-refractivity contribution is 7.47. The maximum atomic E-state index is 12.9. The van der Waals surface area contributed by atoms with Crippen molar-refractivity contribution < 1.29 is 42.1 Å². The average Bonchev–Trinajstić information content (AvgIpc) is 3.58. The summed E-state index contributed by atoms with van der Waals surface area (Å²) in [6.45, 7) is 4.39. The number of phosphoric ester groups is 1. The second kappa shape index (κ2) is 71.0. The number of allylic oxidation sites excluding steroid dienone is 10. The summed E-state index contributed by atoms with van der Waals surface area (Å²) in [7, 11) is 1.50. The Hall–Kier alpha value is -2.29. The van der Waals surface area contributed by atoms with Crippen molar-refractivity contribution in [2.45, 2.75) is 392 Å². The summed E-state index contributed by atoms with van der Waals surface area (Å²) in [6, 6.07) is 0. The first-order chi connectivity index (χ1) is 44.0. The summed E-state index contributed by atoms with van der Waals surface area (Å²) in [4.78, 5) is 36.0. The van der Waals surface area contributed by atoms with Crippen molar-refractivity contribution in [2.75, 3.05) is 47.5 Å². The summed E-state index contributed by atoms with van der Waals surface area (Å²) >= 11 is 0. The molecule has 0 radical (unpaired) electrons. The lowest BCUT2D eigenvalue weighted by Crippen LogP contribution is -2.37. The number of carbonyl (C=O) groups is 2. The zero-order chi connectivity index (χ0) is 65.5. The molecule has 2 unspecified atom stereocenters. The van der Waals surface area contributed by atoms with E-state index in [1.807, 2.05) is 21.1 Å².